The molecule has 92 valence electrons. The van der Waals surface area contributed by atoms with E-state index < -0.39 is 11.8 Å². The molecule has 1 heterocycles. The van der Waals surface area contributed by atoms with Gasteiger partial charge in [0.05, 0.1) is 18.0 Å². The molecule has 7 heteroatoms. The maximum Gasteiger partial charge on any atom is 0.261 e. The fraction of sp³-hybridized carbons (Fsp3) is 0.300. The van der Waals surface area contributed by atoms with Crippen molar-refractivity contribution in [3.05, 3.63) is 21.9 Å². The standard InChI is InChI=1S/C10H13N3O3S/c1-6-2-3-7(17-6)10(16)13-5-9(15)12-4-8(11)14/h2-3H,4-5H2,1H3,(H2,11,14)(H,12,15)(H,13,16). The van der Waals surface area contributed by atoms with Gasteiger partial charge in [0.1, 0.15) is 0 Å². The smallest absolute Gasteiger partial charge is 0.261 e. The largest absolute Gasteiger partial charge is 0.368 e. The summed E-state index contributed by atoms with van der Waals surface area (Å²) in [6, 6.07) is 3.52. The molecule has 0 unspecified atom stereocenters. The molecule has 0 aromatic carbocycles. The first-order valence-corrected chi connectivity index (χ1v) is 5.70. The van der Waals surface area contributed by atoms with Crippen LogP contribution in [-0.2, 0) is 9.59 Å². The summed E-state index contributed by atoms with van der Waals surface area (Å²) >= 11 is 1.35. The molecule has 4 N–H and O–H groups in total. The molecule has 0 saturated heterocycles. The Morgan fingerprint density at radius 1 is 1.24 bits per heavy atom. The van der Waals surface area contributed by atoms with Crippen molar-refractivity contribution < 1.29 is 14.4 Å². The molecular formula is C10H13N3O3S. The van der Waals surface area contributed by atoms with Gasteiger partial charge in [-0.15, -0.1) is 11.3 Å². The first-order chi connectivity index (χ1) is 7.99. The van der Waals surface area contributed by atoms with Gasteiger partial charge in [-0.1, -0.05) is 0 Å². The van der Waals surface area contributed by atoms with E-state index >= 15 is 0 Å². The first kappa shape index (κ1) is 13.2. The molecule has 0 aliphatic heterocycles. The van der Waals surface area contributed by atoms with Gasteiger partial charge in [0.15, 0.2) is 0 Å². The molecule has 1 rings (SSSR count). The SMILES string of the molecule is Cc1ccc(C(=O)NCC(=O)NCC(N)=O)s1. The summed E-state index contributed by atoms with van der Waals surface area (Å²) in [7, 11) is 0. The Balaban J connectivity index is 2.33. The van der Waals surface area contributed by atoms with Crippen molar-refractivity contribution in [2.45, 2.75) is 6.92 Å². The van der Waals surface area contributed by atoms with Crippen LogP contribution < -0.4 is 16.4 Å². The van der Waals surface area contributed by atoms with E-state index in [2.05, 4.69) is 10.6 Å². The summed E-state index contributed by atoms with van der Waals surface area (Å²) in [5.41, 5.74) is 4.85. The summed E-state index contributed by atoms with van der Waals surface area (Å²) in [6.45, 7) is 1.48. The van der Waals surface area contributed by atoms with Gasteiger partial charge < -0.3 is 16.4 Å². The Kier molecular flexibility index (Phi) is 4.65. The molecule has 1 aromatic heterocycles. The van der Waals surface area contributed by atoms with Gasteiger partial charge in [0, 0.05) is 4.88 Å². The second-order valence-electron chi connectivity index (χ2n) is 3.34. The number of primary amides is 1. The zero-order chi connectivity index (χ0) is 12.8. The topological polar surface area (TPSA) is 101 Å². The molecule has 0 spiro atoms. The zero-order valence-electron chi connectivity index (χ0n) is 9.28. The Hall–Kier alpha value is -1.89. The Morgan fingerprint density at radius 3 is 2.47 bits per heavy atom. The minimum absolute atomic E-state index is 0.178. The number of carbonyl (C=O) groups is 3. The number of aryl methyl sites for hydroxylation is 1. The maximum absolute atomic E-state index is 11.5. The van der Waals surface area contributed by atoms with Gasteiger partial charge in [0.25, 0.3) is 5.91 Å². The van der Waals surface area contributed by atoms with Gasteiger partial charge in [-0.3, -0.25) is 14.4 Å². The molecule has 1 aromatic rings. The minimum Gasteiger partial charge on any atom is -0.368 e. The lowest BCUT2D eigenvalue weighted by molar-refractivity contribution is -0.124. The fourth-order valence-corrected chi connectivity index (χ4v) is 1.84. The second-order valence-corrected chi connectivity index (χ2v) is 4.62. The number of hydrogen-bond acceptors (Lipinski definition) is 4. The molecule has 0 aliphatic rings. The molecule has 0 bridgehead atoms. The van der Waals surface area contributed by atoms with E-state index in [0.29, 0.717) is 4.88 Å². The molecular weight excluding hydrogens is 242 g/mol. The third kappa shape index (κ3) is 4.64. The highest BCUT2D eigenvalue weighted by molar-refractivity contribution is 7.13. The number of hydrogen-bond donors (Lipinski definition) is 3. The van der Waals surface area contributed by atoms with E-state index in [-0.39, 0.29) is 19.0 Å². The number of thiophene rings is 1. The van der Waals surface area contributed by atoms with Crippen molar-refractivity contribution in [2.75, 3.05) is 13.1 Å². The average Bonchev–Trinajstić information content (AvgIpc) is 2.70. The van der Waals surface area contributed by atoms with Crippen molar-refractivity contribution in [3.63, 3.8) is 0 Å². The van der Waals surface area contributed by atoms with Crippen LogP contribution in [0.5, 0.6) is 0 Å². The van der Waals surface area contributed by atoms with Crippen molar-refractivity contribution in [2.24, 2.45) is 5.73 Å². The molecule has 0 aliphatic carbocycles. The predicted molar refractivity (Wildman–Crippen MR) is 63.6 cm³/mol. The normalized spacial score (nSPS) is 9.71. The number of rotatable bonds is 5. The van der Waals surface area contributed by atoms with E-state index in [0.717, 1.165) is 4.88 Å². The van der Waals surface area contributed by atoms with Crippen molar-refractivity contribution in [1.82, 2.24) is 10.6 Å². The molecule has 6 nitrogen and oxygen atoms in total. The van der Waals surface area contributed by atoms with E-state index in [1.54, 1.807) is 6.07 Å². The van der Waals surface area contributed by atoms with Crippen LogP contribution in [0.15, 0.2) is 12.1 Å². The third-order valence-electron chi connectivity index (χ3n) is 1.83. The maximum atomic E-state index is 11.5. The van der Waals surface area contributed by atoms with E-state index in [1.165, 1.54) is 11.3 Å². The van der Waals surface area contributed by atoms with Crippen LogP contribution in [0, 0.1) is 6.92 Å². The van der Waals surface area contributed by atoms with Crippen LogP contribution in [-0.4, -0.2) is 30.8 Å². The molecule has 17 heavy (non-hydrogen) atoms. The summed E-state index contributed by atoms with van der Waals surface area (Å²) in [5, 5.41) is 4.71. The highest BCUT2D eigenvalue weighted by Crippen LogP contribution is 2.14. The molecule has 0 atom stereocenters. The van der Waals surface area contributed by atoms with Crippen LogP contribution in [0.4, 0.5) is 0 Å². The first-order valence-electron chi connectivity index (χ1n) is 4.88. The quantitative estimate of drug-likeness (QED) is 0.654. The van der Waals surface area contributed by atoms with Gasteiger partial charge in [0.2, 0.25) is 11.8 Å². The van der Waals surface area contributed by atoms with Gasteiger partial charge in [-0.05, 0) is 19.1 Å². The van der Waals surface area contributed by atoms with Crippen molar-refractivity contribution >= 4 is 29.1 Å². The van der Waals surface area contributed by atoms with Crippen LogP contribution in [0.25, 0.3) is 0 Å². The van der Waals surface area contributed by atoms with Gasteiger partial charge >= 0.3 is 0 Å². The van der Waals surface area contributed by atoms with E-state index in [9.17, 15) is 14.4 Å². The molecule has 0 radical (unpaired) electrons. The second kappa shape index (κ2) is 6.00. The van der Waals surface area contributed by atoms with Crippen LogP contribution in [0.3, 0.4) is 0 Å². The predicted octanol–water partition coefficient (Wildman–Crippen LogP) is -0.612. The third-order valence-corrected chi connectivity index (χ3v) is 2.83. The highest BCUT2D eigenvalue weighted by atomic mass is 32.1. The van der Waals surface area contributed by atoms with Crippen molar-refractivity contribution in [1.29, 1.82) is 0 Å². The zero-order valence-corrected chi connectivity index (χ0v) is 10.1. The Morgan fingerprint density at radius 2 is 1.94 bits per heavy atom. The van der Waals surface area contributed by atoms with Crippen molar-refractivity contribution in [3.8, 4) is 0 Å². The summed E-state index contributed by atoms with van der Waals surface area (Å²) in [6.07, 6.45) is 0. The lowest BCUT2D eigenvalue weighted by Gasteiger charge is -2.04. The number of nitrogens with one attached hydrogen (secondary N) is 2. The average molecular weight is 255 g/mol. The summed E-state index contributed by atoms with van der Waals surface area (Å²) < 4.78 is 0. The fourth-order valence-electron chi connectivity index (χ4n) is 1.05. The highest BCUT2D eigenvalue weighted by Gasteiger charge is 2.09. The molecule has 3 amide bonds. The number of amides is 3. The summed E-state index contributed by atoms with van der Waals surface area (Å²) in [5.74, 6) is -1.39. The Bertz CT molecular complexity index is 442. The summed E-state index contributed by atoms with van der Waals surface area (Å²) in [4.78, 5) is 34.6. The van der Waals surface area contributed by atoms with E-state index in [4.69, 9.17) is 5.73 Å². The van der Waals surface area contributed by atoms with Crippen LogP contribution in [0.2, 0.25) is 0 Å². The number of nitrogens with two attached hydrogens (primary N) is 1. The van der Waals surface area contributed by atoms with Gasteiger partial charge in [-0.25, -0.2) is 0 Å². The molecule has 0 fully saturated rings. The van der Waals surface area contributed by atoms with Crippen LogP contribution in [0.1, 0.15) is 14.5 Å². The lowest BCUT2D eigenvalue weighted by atomic mass is 10.4. The number of carbonyl (C=O) groups excluding carboxylic acids is 3. The lowest BCUT2D eigenvalue weighted by Crippen LogP contribution is -2.40. The Labute approximate surface area is 102 Å². The van der Waals surface area contributed by atoms with E-state index in [1.807, 2.05) is 13.0 Å². The van der Waals surface area contributed by atoms with Gasteiger partial charge in [-0.2, -0.15) is 0 Å². The molecule has 0 saturated carbocycles. The monoisotopic (exact) mass is 255 g/mol. The minimum atomic E-state index is -0.626. The van der Waals surface area contributed by atoms with Crippen LogP contribution >= 0.6 is 11.3 Å².